The zero-order valence-corrected chi connectivity index (χ0v) is 18.0. The minimum Gasteiger partial charge on any atom is -0.357 e. The van der Waals surface area contributed by atoms with Crippen LogP contribution in [0.5, 0.6) is 0 Å². The van der Waals surface area contributed by atoms with Gasteiger partial charge in [0.15, 0.2) is 5.96 Å². The Balaban J connectivity index is 1.49. The van der Waals surface area contributed by atoms with E-state index < -0.39 is 0 Å². The molecule has 0 bridgehead atoms. The number of hydrogen-bond donors (Lipinski definition) is 2. The fourth-order valence-electron chi connectivity index (χ4n) is 3.96. The molecule has 0 radical (unpaired) electrons. The van der Waals surface area contributed by atoms with Gasteiger partial charge in [-0.25, -0.2) is 9.48 Å². The fourth-order valence-corrected chi connectivity index (χ4v) is 3.96. The molecule has 0 spiro atoms. The Kier molecular flexibility index (Phi) is 7.33. The van der Waals surface area contributed by atoms with Crippen LogP contribution in [0.25, 0.3) is 0 Å². The van der Waals surface area contributed by atoms with Gasteiger partial charge in [-0.3, -0.25) is 14.4 Å². The second-order valence-corrected chi connectivity index (χ2v) is 8.21. The molecule has 1 unspecified atom stereocenters. The van der Waals surface area contributed by atoms with Gasteiger partial charge in [0, 0.05) is 57.6 Å². The summed E-state index contributed by atoms with van der Waals surface area (Å²) in [4.78, 5) is 31.1. The van der Waals surface area contributed by atoms with E-state index in [4.69, 9.17) is 0 Å². The van der Waals surface area contributed by atoms with Crippen LogP contribution in [-0.2, 0) is 24.3 Å². The van der Waals surface area contributed by atoms with Crippen molar-refractivity contribution in [2.24, 2.45) is 10.9 Å². The van der Waals surface area contributed by atoms with Gasteiger partial charge in [-0.05, 0) is 32.6 Å². The molecule has 1 amide bonds. The predicted molar refractivity (Wildman–Crippen MR) is 113 cm³/mol. The first-order valence-electron chi connectivity index (χ1n) is 11.0. The maximum atomic E-state index is 12.4. The molecule has 162 valence electrons. The molecule has 3 heterocycles. The Morgan fingerprint density at radius 2 is 2.14 bits per heavy atom. The van der Waals surface area contributed by atoms with Crippen LogP contribution >= 0.6 is 0 Å². The number of carbonyl (C=O) groups excluding carboxylic acids is 1. The summed E-state index contributed by atoms with van der Waals surface area (Å²) in [5.74, 6) is 1.94. The Morgan fingerprint density at radius 3 is 2.86 bits per heavy atom. The van der Waals surface area contributed by atoms with Crippen LogP contribution in [-0.4, -0.2) is 63.3 Å². The van der Waals surface area contributed by atoms with E-state index in [1.807, 2.05) is 30.2 Å². The molecule has 1 aromatic rings. The third-order valence-electron chi connectivity index (χ3n) is 5.51. The average molecular weight is 406 g/mol. The molecule has 2 aliphatic rings. The van der Waals surface area contributed by atoms with Crippen molar-refractivity contribution < 1.29 is 4.79 Å². The Labute approximate surface area is 172 Å². The number of fused-ring (bicyclic) bond motifs is 1. The lowest BCUT2D eigenvalue weighted by Crippen LogP contribution is -2.45. The molecule has 1 aromatic heterocycles. The van der Waals surface area contributed by atoms with Crippen molar-refractivity contribution in [2.45, 2.75) is 72.0 Å². The van der Waals surface area contributed by atoms with Crippen LogP contribution in [0.15, 0.2) is 9.79 Å². The zero-order valence-electron chi connectivity index (χ0n) is 18.0. The van der Waals surface area contributed by atoms with E-state index in [0.717, 1.165) is 70.1 Å². The number of likely N-dealkylation sites (tertiary alicyclic amines) is 1. The van der Waals surface area contributed by atoms with Gasteiger partial charge in [-0.15, -0.1) is 0 Å². The minimum absolute atomic E-state index is 0.00887. The third kappa shape index (κ3) is 5.39. The van der Waals surface area contributed by atoms with Gasteiger partial charge >= 0.3 is 5.69 Å². The SMILES string of the molecule is CCNC(=NCCCn1nc2n(c1=O)CCCC2)NC1CCN(C(=O)C(C)C)C1. The number of aryl methyl sites for hydroxylation is 2. The lowest BCUT2D eigenvalue weighted by atomic mass is 10.2. The van der Waals surface area contributed by atoms with Gasteiger partial charge in [0.2, 0.25) is 5.91 Å². The smallest absolute Gasteiger partial charge is 0.345 e. The largest absolute Gasteiger partial charge is 0.357 e. The summed E-state index contributed by atoms with van der Waals surface area (Å²) in [5.41, 5.74) is 0.00887. The second kappa shape index (κ2) is 9.93. The predicted octanol–water partition coefficient (Wildman–Crippen LogP) is 0.583. The molecule has 29 heavy (non-hydrogen) atoms. The highest BCUT2D eigenvalue weighted by molar-refractivity contribution is 5.81. The fraction of sp³-hybridized carbons (Fsp3) is 0.800. The van der Waals surface area contributed by atoms with Crippen LogP contribution in [0.2, 0.25) is 0 Å². The number of nitrogens with one attached hydrogen (secondary N) is 2. The Morgan fingerprint density at radius 1 is 1.31 bits per heavy atom. The Hall–Kier alpha value is -2.32. The number of hydrogen-bond acceptors (Lipinski definition) is 4. The first kappa shape index (κ1) is 21.4. The van der Waals surface area contributed by atoms with Gasteiger partial charge in [-0.1, -0.05) is 13.8 Å². The van der Waals surface area contributed by atoms with Crippen LogP contribution in [0.3, 0.4) is 0 Å². The lowest BCUT2D eigenvalue weighted by Gasteiger charge is -2.20. The van der Waals surface area contributed by atoms with E-state index >= 15 is 0 Å². The summed E-state index contributed by atoms with van der Waals surface area (Å²) in [6.45, 7) is 10.2. The highest BCUT2D eigenvalue weighted by Crippen LogP contribution is 2.13. The highest BCUT2D eigenvalue weighted by atomic mass is 16.2. The quantitative estimate of drug-likeness (QED) is 0.393. The molecule has 3 rings (SSSR count). The molecule has 1 atom stereocenters. The summed E-state index contributed by atoms with van der Waals surface area (Å²) in [5, 5.41) is 11.2. The number of rotatable bonds is 7. The van der Waals surface area contributed by atoms with Gasteiger partial charge in [0.1, 0.15) is 5.82 Å². The second-order valence-electron chi connectivity index (χ2n) is 8.21. The van der Waals surface area contributed by atoms with Gasteiger partial charge in [0.25, 0.3) is 0 Å². The zero-order chi connectivity index (χ0) is 20.8. The standard InChI is InChI=1S/C20H35N7O2/c1-4-21-19(23-16-9-13-25(14-16)18(28)15(2)3)22-10-7-12-27-20(29)26-11-6-5-8-17(26)24-27/h15-16H,4-14H2,1-3H3,(H2,21,22,23). The number of carbonyl (C=O) groups is 1. The summed E-state index contributed by atoms with van der Waals surface area (Å²) in [7, 11) is 0. The monoisotopic (exact) mass is 405 g/mol. The van der Waals surface area contributed by atoms with E-state index in [2.05, 4.69) is 20.7 Å². The van der Waals surface area contributed by atoms with Crippen LogP contribution in [0.4, 0.5) is 0 Å². The van der Waals surface area contributed by atoms with E-state index in [0.29, 0.717) is 13.1 Å². The van der Waals surface area contributed by atoms with Crippen molar-refractivity contribution in [2.75, 3.05) is 26.2 Å². The van der Waals surface area contributed by atoms with Crippen LogP contribution in [0.1, 0.15) is 52.3 Å². The van der Waals surface area contributed by atoms with Crippen molar-refractivity contribution in [3.8, 4) is 0 Å². The number of aromatic nitrogens is 3. The summed E-state index contributed by atoms with van der Waals surface area (Å²) >= 11 is 0. The van der Waals surface area contributed by atoms with E-state index in [1.54, 1.807) is 4.68 Å². The van der Waals surface area contributed by atoms with Crippen LogP contribution in [0, 0.1) is 5.92 Å². The van der Waals surface area contributed by atoms with Gasteiger partial charge < -0.3 is 15.5 Å². The maximum Gasteiger partial charge on any atom is 0.345 e. The molecule has 9 heteroatoms. The molecule has 0 aromatic carbocycles. The summed E-state index contributed by atoms with van der Waals surface area (Å²) in [6, 6.07) is 0.220. The van der Waals surface area contributed by atoms with Crippen LogP contribution < -0.4 is 16.3 Å². The molecule has 1 fully saturated rings. The molecule has 0 saturated carbocycles. The first-order valence-corrected chi connectivity index (χ1v) is 11.0. The van der Waals surface area contributed by atoms with E-state index in [1.165, 1.54) is 0 Å². The molecule has 2 aliphatic heterocycles. The lowest BCUT2D eigenvalue weighted by molar-refractivity contribution is -0.133. The van der Waals surface area contributed by atoms with Gasteiger partial charge in [0.05, 0.1) is 0 Å². The van der Waals surface area contributed by atoms with Crippen molar-refractivity contribution in [3.63, 3.8) is 0 Å². The number of aliphatic imine (C=N–C) groups is 1. The van der Waals surface area contributed by atoms with E-state index in [9.17, 15) is 9.59 Å². The Bertz CT molecular complexity index is 780. The van der Waals surface area contributed by atoms with Gasteiger partial charge in [-0.2, -0.15) is 5.10 Å². The summed E-state index contributed by atoms with van der Waals surface area (Å²) < 4.78 is 3.39. The van der Waals surface area contributed by atoms with Crippen molar-refractivity contribution in [1.82, 2.24) is 29.9 Å². The number of amides is 1. The number of nitrogens with zero attached hydrogens (tertiary/aromatic N) is 5. The highest BCUT2D eigenvalue weighted by Gasteiger charge is 2.27. The minimum atomic E-state index is 0.00887. The maximum absolute atomic E-state index is 12.4. The van der Waals surface area contributed by atoms with E-state index in [-0.39, 0.29) is 23.6 Å². The normalized spacial score (nSPS) is 19.5. The molecule has 0 aliphatic carbocycles. The molecule has 9 nitrogen and oxygen atoms in total. The average Bonchev–Trinajstić information content (AvgIpc) is 3.29. The van der Waals surface area contributed by atoms with Crippen molar-refractivity contribution in [3.05, 3.63) is 16.3 Å². The van der Waals surface area contributed by atoms with Crippen molar-refractivity contribution in [1.29, 1.82) is 0 Å². The first-order chi connectivity index (χ1) is 14.0. The topological polar surface area (TPSA) is 96.6 Å². The molecule has 1 saturated heterocycles. The molecule has 2 N–H and O–H groups in total. The summed E-state index contributed by atoms with van der Waals surface area (Å²) in [6.07, 6.45) is 4.75. The molecular weight excluding hydrogens is 370 g/mol. The molecular formula is C20H35N7O2. The number of guanidine groups is 1. The van der Waals surface area contributed by atoms with Crippen molar-refractivity contribution >= 4 is 11.9 Å². The third-order valence-corrected chi connectivity index (χ3v) is 5.51.